The minimum absolute atomic E-state index is 0.0415. The molecule has 1 aliphatic rings. The molecule has 1 saturated carbocycles. The van der Waals surface area contributed by atoms with Crippen molar-refractivity contribution in [3.63, 3.8) is 0 Å². The molecule has 2 rings (SSSR count). The van der Waals surface area contributed by atoms with Crippen LogP contribution in [0, 0.1) is 17.5 Å². The van der Waals surface area contributed by atoms with E-state index in [9.17, 15) is 36.0 Å². The van der Waals surface area contributed by atoms with Gasteiger partial charge in [0.25, 0.3) is 5.91 Å². The van der Waals surface area contributed by atoms with Crippen molar-refractivity contribution >= 4 is 27.9 Å². The zero-order chi connectivity index (χ0) is 22.3. The number of carbonyl (C=O) groups is 3. The van der Waals surface area contributed by atoms with E-state index in [0.29, 0.717) is 12.1 Å². The van der Waals surface area contributed by atoms with Crippen LogP contribution in [0.5, 0.6) is 0 Å². The first-order chi connectivity index (χ1) is 14.1. The van der Waals surface area contributed by atoms with Crippen LogP contribution < -0.4 is 15.4 Å². The van der Waals surface area contributed by atoms with Crippen LogP contribution in [-0.2, 0) is 24.3 Å². The topological polar surface area (TPSA) is 131 Å². The summed E-state index contributed by atoms with van der Waals surface area (Å²) in [6.07, 6.45) is 4.63. The molecule has 0 aliphatic heterocycles. The fourth-order valence-corrected chi connectivity index (χ4v) is 3.81. The van der Waals surface area contributed by atoms with Crippen LogP contribution in [0.4, 0.5) is 18.0 Å². The Morgan fingerprint density at radius 2 is 1.70 bits per heavy atom. The zero-order valence-electron chi connectivity index (χ0n) is 15.7. The molecule has 9 nitrogen and oxygen atoms in total. The summed E-state index contributed by atoms with van der Waals surface area (Å²) in [6, 6.07) is 0.117. The number of urea groups is 1. The average molecular weight is 451 g/mol. The largest absolute Gasteiger partial charge is 0.455 e. The van der Waals surface area contributed by atoms with Gasteiger partial charge in [-0.15, -0.1) is 0 Å². The lowest BCUT2D eigenvalue weighted by Gasteiger charge is -2.22. The number of imide groups is 1. The first-order valence-corrected chi connectivity index (χ1v) is 10.5. The molecular formula is C17H20F3N3O6S. The summed E-state index contributed by atoms with van der Waals surface area (Å²) in [6.45, 7) is -1.87. The third kappa shape index (κ3) is 6.69. The van der Waals surface area contributed by atoms with E-state index in [0.717, 1.165) is 32.1 Å². The first kappa shape index (κ1) is 23.6. The molecule has 1 fully saturated rings. The fraction of sp³-hybridized carbons (Fsp3) is 0.471. The Hall–Kier alpha value is -2.67. The number of esters is 1. The van der Waals surface area contributed by atoms with Crippen molar-refractivity contribution in [1.82, 2.24) is 15.4 Å². The van der Waals surface area contributed by atoms with E-state index in [4.69, 9.17) is 0 Å². The van der Waals surface area contributed by atoms with Crippen molar-refractivity contribution in [1.29, 1.82) is 0 Å². The summed E-state index contributed by atoms with van der Waals surface area (Å²) in [7, 11) is -4.70. The third-order valence-electron chi connectivity index (χ3n) is 4.25. The molecule has 0 radical (unpaired) electrons. The predicted octanol–water partition coefficient (Wildman–Crippen LogP) is 1.08. The minimum atomic E-state index is -4.70. The van der Waals surface area contributed by atoms with Crippen molar-refractivity contribution in [2.75, 3.05) is 13.2 Å². The summed E-state index contributed by atoms with van der Waals surface area (Å²) in [5, 5.41) is 4.59. The molecule has 1 aromatic carbocycles. The van der Waals surface area contributed by atoms with Crippen LogP contribution in [0.3, 0.4) is 0 Å². The second kappa shape index (κ2) is 10.4. The van der Waals surface area contributed by atoms with E-state index >= 15 is 0 Å². The number of nitrogens with one attached hydrogen (secondary N) is 3. The quantitative estimate of drug-likeness (QED) is 0.420. The molecule has 0 saturated heterocycles. The minimum Gasteiger partial charge on any atom is -0.455 e. The molecule has 0 bridgehead atoms. The molecule has 3 N–H and O–H groups in total. The van der Waals surface area contributed by atoms with Gasteiger partial charge in [0, 0.05) is 6.04 Å². The van der Waals surface area contributed by atoms with Gasteiger partial charge >= 0.3 is 12.0 Å². The van der Waals surface area contributed by atoms with Gasteiger partial charge in [0.05, 0.1) is 0 Å². The molecule has 0 spiro atoms. The molecule has 0 aromatic heterocycles. The molecule has 0 unspecified atom stereocenters. The van der Waals surface area contributed by atoms with E-state index in [1.807, 2.05) is 5.32 Å². The summed E-state index contributed by atoms with van der Waals surface area (Å²) in [4.78, 5) is 33.7. The highest BCUT2D eigenvalue weighted by Gasteiger charge is 2.25. The Balaban J connectivity index is 1.76. The molecule has 0 atom stereocenters. The second-order valence-corrected chi connectivity index (χ2v) is 8.25. The number of sulfonamides is 1. The number of hydrogen-bond donors (Lipinski definition) is 3. The monoisotopic (exact) mass is 451 g/mol. The number of ether oxygens (including phenoxy) is 1. The highest BCUT2D eigenvalue weighted by Crippen LogP contribution is 2.19. The Bertz CT molecular complexity index is 920. The average Bonchev–Trinajstić information content (AvgIpc) is 2.69. The predicted molar refractivity (Wildman–Crippen MR) is 96.0 cm³/mol. The number of hydrogen-bond acceptors (Lipinski definition) is 6. The Labute approximate surface area is 170 Å². The number of carbonyl (C=O) groups excluding carboxylic acids is 3. The number of benzene rings is 1. The normalized spacial score (nSPS) is 14.8. The van der Waals surface area contributed by atoms with Gasteiger partial charge in [-0.2, -0.15) is 4.72 Å². The van der Waals surface area contributed by atoms with E-state index in [1.165, 1.54) is 0 Å². The summed E-state index contributed by atoms with van der Waals surface area (Å²) in [5.41, 5.74) is 0. The highest BCUT2D eigenvalue weighted by atomic mass is 32.2. The maximum atomic E-state index is 13.6. The molecule has 13 heteroatoms. The van der Waals surface area contributed by atoms with Gasteiger partial charge in [0.1, 0.15) is 11.4 Å². The summed E-state index contributed by atoms with van der Waals surface area (Å²) in [5.74, 6) is -7.66. The van der Waals surface area contributed by atoms with E-state index < -0.39 is 63.4 Å². The van der Waals surface area contributed by atoms with E-state index in [1.54, 1.807) is 4.72 Å². The van der Waals surface area contributed by atoms with Crippen molar-refractivity contribution in [2.45, 2.75) is 43.0 Å². The van der Waals surface area contributed by atoms with Gasteiger partial charge in [-0.25, -0.2) is 26.4 Å². The number of rotatable bonds is 7. The molecule has 3 amide bonds. The maximum absolute atomic E-state index is 13.6. The smallest absolute Gasteiger partial charge is 0.321 e. The van der Waals surface area contributed by atoms with Crippen LogP contribution in [0.2, 0.25) is 0 Å². The SMILES string of the molecule is O=C(COC(=O)CNS(=O)(=O)c1ccc(F)c(F)c1F)NC(=O)NC1CCCCC1. The lowest BCUT2D eigenvalue weighted by molar-refractivity contribution is -0.147. The van der Waals surface area contributed by atoms with Gasteiger partial charge in [0.2, 0.25) is 10.0 Å². The number of amides is 3. The highest BCUT2D eigenvalue weighted by molar-refractivity contribution is 7.89. The number of halogens is 3. The summed E-state index contributed by atoms with van der Waals surface area (Å²) >= 11 is 0. The van der Waals surface area contributed by atoms with Gasteiger partial charge in [-0.1, -0.05) is 19.3 Å². The van der Waals surface area contributed by atoms with Gasteiger partial charge in [-0.3, -0.25) is 14.9 Å². The Kier molecular flexibility index (Phi) is 8.17. The van der Waals surface area contributed by atoms with E-state index in [2.05, 4.69) is 10.1 Å². The van der Waals surface area contributed by atoms with Crippen LogP contribution in [-0.4, -0.2) is 45.5 Å². The zero-order valence-corrected chi connectivity index (χ0v) is 16.5. The maximum Gasteiger partial charge on any atom is 0.321 e. The van der Waals surface area contributed by atoms with Crippen LogP contribution in [0.1, 0.15) is 32.1 Å². The van der Waals surface area contributed by atoms with Crippen LogP contribution in [0.25, 0.3) is 0 Å². The third-order valence-corrected chi connectivity index (χ3v) is 5.67. The van der Waals surface area contributed by atoms with E-state index in [-0.39, 0.29) is 6.04 Å². The van der Waals surface area contributed by atoms with Crippen LogP contribution >= 0.6 is 0 Å². The Morgan fingerprint density at radius 3 is 2.37 bits per heavy atom. The van der Waals surface area contributed by atoms with Crippen molar-refractivity contribution in [2.24, 2.45) is 0 Å². The van der Waals surface area contributed by atoms with Crippen molar-refractivity contribution < 1.29 is 40.7 Å². The molecule has 1 aliphatic carbocycles. The lowest BCUT2D eigenvalue weighted by Crippen LogP contribution is -2.46. The van der Waals surface area contributed by atoms with Crippen LogP contribution in [0.15, 0.2) is 17.0 Å². The molecule has 1 aromatic rings. The lowest BCUT2D eigenvalue weighted by atomic mass is 9.96. The molecule has 0 heterocycles. The molecular weight excluding hydrogens is 431 g/mol. The molecule has 30 heavy (non-hydrogen) atoms. The molecule has 166 valence electrons. The van der Waals surface area contributed by atoms with Gasteiger partial charge in [0.15, 0.2) is 24.1 Å². The fourth-order valence-electron chi connectivity index (χ4n) is 2.78. The van der Waals surface area contributed by atoms with Crippen molar-refractivity contribution in [3.8, 4) is 0 Å². The Morgan fingerprint density at radius 1 is 1.03 bits per heavy atom. The van der Waals surface area contributed by atoms with Crippen molar-refractivity contribution in [3.05, 3.63) is 29.6 Å². The standard InChI is InChI=1S/C17H20F3N3O6S/c18-11-6-7-12(16(20)15(11)19)30(27,28)21-8-14(25)29-9-13(24)23-17(26)22-10-4-2-1-3-5-10/h6-7,10,21H,1-5,8-9H2,(H2,22,23,24,26). The van der Waals surface area contributed by atoms with Gasteiger partial charge < -0.3 is 10.1 Å². The van der Waals surface area contributed by atoms with Gasteiger partial charge in [-0.05, 0) is 25.0 Å². The first-order valence-electron chi connectivity index (χ1n) is 8.99. The second-order valence-electron chi connectivity index (χ2n) is 6.52. The summed E-state index contributed by atoms with van der Waals surface area (Å²) < 4.78 is 69.6.